The van der Waals surface area contributed by atoms with Gasteiger partial charge in [-0.3, -0.25) is 0 Å². The Labute approximate surface area is 78.0 Å². The maximum Gasteiger partial charge on any atom is 0.129 e. The van der Waals surface area contributed by atoms with E-state index in [0.29, 0.717) is 5.92 Å². The van der Waals surface area contributed by atoms with E-state index in [2.05, 4.69) is 29.1 Å². The van der Waals surface area contributed by atoms with Crippen molar-refractivity contribution in [2.24, 2.45) is 5.92 Å². The van der Waals surface area contributed by atoms with Crippen molar-refractivity contribution in [3.05, 3.63) is 18.6 Å². The molecule has 1 aromatic rings. The van der Waals surface area contributed by atoms with Gasteiger partial charge in [-0.1, -0.05) is 13.8 Å². The summed E-state index contributed by atoms with van der Waals surface area (Å²) in [5.41, 5.74) is 0. The molecule has 1 atom stereocenters. The molecule has 2 N–H and O–H groups in total. The summed E-state index contributed by atoms with van der Waals surface area (Å²) >= 11 is 0. The maximum atomic E-state index is 9.05. The summed E-state index contributed by atoms with van der Waals surface area (Å²) in [5, 5.41) is 12.2. The van der Waals surface area contributed by atoms with Crippen molar-refractivity contribution in [2.75, 3.05) is 11.9 Å². The van der Waals surface area contributed by atoms with Gasteiger partial charge in [-0.15, -0.1) is 0 Å². The van der Waals surface area contributed by atoms with Crippen LogP contribution in [0.1, 0.15) is 13.8 Å². The smallest absolute Gasteiger partial charge is 0.129 e. The highest BCUT2D eigenvalue weighted by Gasteiger charge is 2.11. The van der Waals surface area contributed by atoms with Crippen LogP contribution in [0.3, 0.4) is 0 Å². The van der Waals surface area contributed by atoms with E-state index < -0.39 is 0 Å². The lowest BCUT2D eigenvalue weighted by molar-refractivity contribution is 0.249. The minimum absolute atomic E-state index is 0.0508. The number of hydrogen-bond donors (Lipinski definition) is 2. The fourth-order valence-electron chi connectivity index (χ4n) is 0.989. The highest BCUT2D eigenvalue weighted by Crippen LogP contribution is 2.08. The van der Waals surface area contributed by atoms with Crippen LogP contribution in [0.2, 0.25) is 0 Å². The van der Waals surface area contributed by atoms with E-state index in [-0.39, 0.29) is 12.6 Å². The van der Waals surface area contributed by atoms with Gasteiger partial charge >= 0.3 is 0 Å². The first kappa shape index (κ1) is 9.92. The van der Waals surface area contributed by atoms with Crippen molar-refractivity contribution in [3.63, 3.8) is 0 Å². The highest BCUT2D eigenvalue weighted by atomic mass is 16.3. The molecule has 0 amide bonds. The molecule has 0 radical (unpaired) electrons. The van der Waals surface area contributed by atoms with Crippen LogP contribution in [0.15, 0.2) is 18.6 Å². The molecule has 0 spiro atoms. The van der Waals surface area contributed by atoms with Gasteiger partial charge in [0.15, 0.2) is 0 Å². The number of hydrogen-bond acceptors (Lipinski definition) is 4. The van der Waals surface area contributed by atoms with Crippen molar-refractivity contribution in [1.82, 2.24) is 9.97 Å². The SMILES string of the molecule is CC(C)[C@@H](CO)Nc1ccncn1. The molecule has 4 heteroatoms. The third-order valence-electron chi connectivity index (χ3n) is 1.92. The van der Waals surface area contributed by atoms with Gasteiger partial charge in [0.25, 0.3) is 0 Å². The zero-order chi connectivity index (χ0) is 9.68. The Balaban J connectivity index is 2.57. The van der Waals surface area contributed by atoms with Crippen LogP contribution in [-0.2, 0) is 0 Å². The first-order chi connectivity index (χ1) is 6.24. The summed E-state index contributed by atoms with van der Waals surface area (Å²) < 4.78 is 0. The number of rotatable bonds is 4. The molecule has 0 aliphatic carbocycles. The van der Waals surface area contributed by atoms with Gasteiger partial charge in [-0.25, -0.2) is 9.97 Å². The Kier molecular flexibility index (Phi) is 3.64. The molecule has 72 valence electrons. The summed E-state index contributed by atoms with van der Waals surface area (Å²) in [6.07, 6.45) is 3.15. The monoisotopic (exact) mass is 181 g/mol. The van der Waals surface area contributed by atoms with E-state index in [4.69, 9.17) is 5.11 Å². The molecule has 1 rings (SSSR count). The first-order valence-electron chi connectivity index (χ1n) is 4.37. The van der Waals surface area contributed by atoms with Gasteiger partial charge in [-0.05, 0) is 12.0 Å². The quantitative estimate of drug-likeness (QED) is 0.724. The summed E-state index contributed by atoms with van der Waals surface area (Å²) in [6.45, 7) is 4.21. The molecule has 1 aromatic heterocycles. The van der Waals surface area contributed by atoms with Crippen molar-refractivity contribution < 1.29 is 5.11 Å². The second-order valence-electron chi connectivity index (χ2n) is 3.27. The van der Waals surface area contributed by atoms with Crippen LogP contribution in [0.25, 0.3) is 0 Å². The summed E-state index contributed by atoms with van der Waals surface area (Å²) in [4.78, 5) is 7.83. The lowest BCUT2D eigenvalue weighted by Crippen LogP contribution is -2.29. The third kappa shape index (κ3) is 2.99. The van der Waals surface area contributed by atoms with Gasteiger partial charge in [0.2, 0.25) is 0 Å². The van der Waals surface area contributed by atoms with Gasteiger partial charge in [0.05, 0.1) is 12.6 Å². The first-order valence-corrected chi connectivity index (χ1v) is 4.37. The minimum Gasteiger partial charge on any atom is -0.394 e. The molecule has 0 saturated carbocycles. The molecule has 1 heterocycles. The Bertz CT molecular complexity index is 238. The van der Waals surface area contributed by atoms with Gasteiger partial charge < -0.3 is 10.4 Å². The summed E-state index contributed by atoms with van der Waals surface area (Å²) in [6, 6.07) is 1.83. The Morgan fingerprint density at radius 2 is 2.31 bits per heavy atom. The summed E-state index contributed by atoms with van der Waals surface area (Å²) in [5.74, 6) is 1.13. The molecule has 0 aromatic carbocycles. The third-order valence-corrected chi connectivity index (χ3v) is 1.92. The second-order valence-corrected chi connectivity index (χ2v) is 3.27. The van der Waals surface area contributed by atoms with Crippen LogP contribution in [0.5, 0.6) is 0 Å². The van der Waals surface area contributed by atoms with Crippen LogP contribution in [0.4, 0.5) is 5.82 Å². The van der Waals surface area contributed by atoms with Gasteiger partial charge in [-0.2, -0.15) is 0 Å². The van der Waals surface area contributed by atoms with Gasteiger partial charge in [0.1, 0.15) is 12.1 Å². The number of aliphatic hydroxyl groups excluding tert-OH is 1. The molecule has 0 unspecified atom stereocenters. The zero-order valence-corrected chi connectivity index (χ0v) is 7.94. The average molecular weight is 181 g/mol. The average Bonchev–Trinajstić information content (AvgIpc) is 2.15. The lowest BCUT2D eigenvalue weighted by atomic mass is 10.1. The van der Waals surface area contributed by atoms with E-state index in [1.54, 1.807) is 12.3 Å². The van der Waals surface area contributed by atoms with Crippen LogP contribution >= 0.6 is 0 Å². The topological polar surface area (TPSA) is 58.0 Å². The Hall–Kier alpha value is -1.16. The van der Waals surface area contributed by atoms with E-state index in [9.17, 15) is 0 Å². The Morgan fingerprint density at radius 3 is 2.77 bits per heavy atom. The molecule has 13 heavy (non-hydrogen) atoms. The summed E-state index contributed by atoms with van der Waals surface area (Å²) in [7, 11) is 0. The Morgan fingerprint density at radius 1 is 1.54 bits per heavy atom. The molecular formula is C9H15N3O. The zero-order valence-electron chi connectivity index (χ0n) is 7.94. The minimum atomic E-state index is 0.0508. The predicted octanol–water partition coefficient (Wildman–Crippen LogP) is 0.905. The van der Waals surface area contributed by atoms with Crippen LogP contribution in [-0.4, -0.2) is 27.7 Å². The van der Waals surface area contributed by atoms with E-state index in [0.717, 1.165) is 5.82 Å². The normalized spacial score (nSPS) is 12.9. The van der Waals surface area contributed by atoms with E-state index in [1.165, 1.54) is 6.33 Å². The predicted molar refractivity (Wildman–Crippen MR) is 51.4 cm³/mol. The fraction of sp³-hybridized carbons (Fsp3) is 0.556. The van der Waals surface area contributed by atoms with E-state index in [1.807, 2.05) is 0 Å². The molecule has 0 bridgehead atoms. The number of anilines is 1. The number of nitrogens with zero attached hydrogens (tertiary/aromatic N) is 2. The highest BCUT2D eigenvalue weighted by molar-refractivity contribution is 5.33. The van der Waals surface area contributed by atoms with Crippen molar-refractivity contribution in [2.45, 2.75) is 19.9 Å². The van der Waals surface area contributed by atoms with Crippen molar-refractivity contribution in [1.29, 1.82) is 0 Å². The fourth-order valence-corrected chi connectivity index (χ4v) is 0.989. The van der Waals surface area contributed by atoms with Crippen LogP contribution in [0, 0.1) is 5.92 Å². The van der Waals surface area contributed by atoms with Gasteiger partial charge in [0, 0.05) is 6.20 Å². The maximum absolute atomic E-state index is 9.05. The molecule has 4 nitrogen and oxygen atoms in total. The number of nitrogens with one attached hydrogen (secondary N) is 1. The molecule has 0 aliphatic rings. The second kappa shape index (κ2) is 4.77. The molecule has 0 fully saturated rings. The molecule has 0 aliphatic heterocycles. The largest absolute Gasteiger partial charge is 0.394 e. The number of aliphatic hydroxyl groups is 1. The molecule has 0 saturated heterocycles. The van der Waals surface area contributed by atoms with Crippen molar-refractivity contribution in [3.8, 4) is 0 Å². The lowest BCUT2D eigenvalue weighted by Gasteiger charge is -2.19. The standard InChI is InChI=1S/C9H15N3O/c1-7(2)8(5-13)12-9-3-4-10-6-11-9/h3-4,6-8,13H,5H2,1-2H3,(H,10,11,12)/t8-/m1/s1. The van der Waals surface area contributed by atoms with Crippen LogP contribution < -0.4 is 5.32 Å². The number of aromatic nitrogens is 2. The molecular weight excluding hydrogens is 166 g/mol. The van der Waals surface area contributed by atoms with Crippen molar-refractivity contribution >= 4 is 5.82 Å². The van der Waals surface area contributed by atoms with E-state index >= 15 is 0 Å².